The summed E-state index contributed by atoms with van der Waals surface area (Å²) in [6.07, 6.45) is -5.98. The van der Waals surface area contributed by atoms with Crippen LogP contribution in [0.25, 0.3) is 0 Å². The van der Waals surface area contributed by atoms with Gasteiger partial charge in [-0.3, -0.25) is 0 Å². The molecule has 1 aliphatic rings. The molecule has 0 saturated carbocycles. The third-order valence-corrected chi connectivity index (χ3v) is 2.53. The molecule has 1 saturated heterocycles. The molecule has 0 bridgehead atoms. The van der Waals surface area contributed by atoms with Gasteiger partial charge < -0.3 is 46.9 Å². The molecule has 0 aliphatic carbocycles. The van der Waals surface area contributed by atoms with Crippen molar-refractivity contribution in [2.24, 2.45) is 0 Å². The van der Waals surface area contributed by atoms with Gasteiger partial charge in [-0.15, -0.1) is 0 Å². The average molecular weight is 367 g/mol. The molecule has 8 heteroatoms. The minimum absolute atomic E-state index is 0. The second-order valence-electron chi connectivity index (χ2n) is 3.26. The standard InChI is InChI=1S/C8H15BrO6.BrH/c9-1-2-14-8-7(13)6(12)5(11)4(3-10)15-8;/h4-8,10-13H,1-3H2;1H/p-1/t4-,5-,6+,7-,8+;/m1./s1. The zero-order valence-corrected chi connectivity index (χ0v) is 11.5. The molecule has 1 rings (SSSR count). The van der Waals surface area contributed by atoms with Gasteiger partial charge in [-0.1, -0.05) is 15.9 Å². The van der Waals surface area contributed by atoms with Crippen molar-refractivity contribution in [2.45, 2.75) is 30.7 Å². The van der Waals surface area contributed by atoms with E-state index in [0.717, 1.165) is 0 Å². The Kier molecular flexibility index (Phi) is 8.29. The van der Waals surface area contributed by atoms with Gasteiger partial charge in [0.2, 0.25) is 0 Å². The summed E-state index contributed by atoms with van der Waals surface area (Å²) in [6, 6.07) is 0. The summed E-state index contributed by atoms with van der Waals surface area (Å²) in [4.78, 5) is 0. The smallest absolute Gasteiger partial charge is 0.186 e. The predicted molar refractivity (Wildman–Crippen MR) is 53.5 cm³/mol. The first-order valence-corrected chi connectivity index (χ1v) is 5.72. The zero-order valence-electron chi connectivity index (χ0n) is 8.37. The van der Waals surface area contributed by atoms with Gasteiger partial charge >= 0.3 is 0 Å². The predicted octanol–water partition coefficient (Wildman–Crippen LogP) is -4.80. The molecule has 1 fully saturated rings. The van der Waals surface area contributed by atoms with E-state index < -0.39 is 37.3 Å². The summed E-state index contributed by atoms with van der Waals surface area (Å²) in [6.45, 7) is -0.151. The maximum absolute atomic E-state index is 9.49. The van der Waals surface area contributed by atoms with Gasteiger partial charge in [0.15, 0.2) is 6.29 Å². The van der Waals surface area contributed by atoms with Crippen LogP contribution in [0.15, 0.2) is 0 Å². The molecule has 0 aromatic heterocycles. The van der Waals surface area contributed by atoms with Crippen LogP contribution in [0.5, 0.6) is 0 Å². The summed E-state index contributed by atoms with van der Waals surface area (Å²) in [7, 11) is 0. The number of alkyl halides is 1. The molecular weight excluding hydrogens is 352 g/mol. The highest BCUT2D eigenvalue weighted by Gasteiger charge is 2.43. The summed E-state index contributed by atoms with van der Waals surface area (Å²) in [5.41, 5.74) is 0. The van der Waals surface area contributed by atoms with Gasteiger partial charge in [-0.2, -0.15) is 0 Å². The molecule has 4 N–H and O–H groups in total. The zero-order chi connectivity index (χ0) is 11.4. The minimum atomic E-state index is -1.38. The van der Waals surface area contributed by atoms with Crippen molar-refractivity contribution in [2.75, 3.05) is 18.5 Å². The third kappa shape index (κ3) is 3.88. The Balaban J connectivity index is 0.00000225. The molecule has 6 nitrogen and oxygen atoms in total. The topological polar surface area (TPSA) is 99.4 Å². The Morgan fingerprint density at radius 2 is 1.75 bits per heavy atom. The molecule has 0 radical (unpaired) electrons. The van der Waals surface area contributed by atoms with E-state index in [0.29, 0.717) is 11.9 Å². The SMILES string of the molecule is OC[C@H]1O[C@H](OCCBr)[C@H](O)[C@@H](O)[C@@H]1O.[Br-]. The molecule has 1 heterocycles. The van der Waals surface area contributed by atoms with Gasteiger partial charge in [0.05, 0.1) is 13.2 Å². The number of hydrogen-bond acceptors (Lipinski definition) is 6. The molecular formula is C8H15Br2O6-. The van der Waals surface area contributed by atoms with Crippen LogP contribution < -0.4 is 17.0 Å². The summed E-state index contributed by atoms with van der Waals surface area (Å²) < 4.78 is 10.2. The molecule has 0 spiro atoms. The lowest BCUT2D eigenvalue weighted by Crippen LogP contribution is -3.00. The van der Waals surface area contributed by atoms with Crippen LogP contribution in [0, 0.1) is 0 Å². The molecule has 5 atom stereocenters. The van der Waals surface area contributed by atoms with Gasteiger partial charge in [0.25, 0.3) is 0 Å². The summed E-state index contributed by atoms with van der Waals surface area (Å²) in [5, 5.41) is 37.7. The minimum Gasteiger partial charge on any atom is -1.00 e. The number of ether oxygens (including phenoxy) is 2. The largest absolute Gasteiger partial charge is 1.00 e. The molecule has 98 valence electrons. The van der Waals surface area contributed by atoms with Gasteiger partial charge in [-0.05, 0) is 0 Å². The summed E-state index contributed by atoms with van der Waals surface area (Å²) >= 11 is 3.13. The molecule has 0 aromatic carbocycles. The van der Waals surface area contributed by atoms with Crippen molar-refractivity contribution < 1.29 is 46.9 Å². The Labute approximate surface area is 112 Å². The number of aliphatic hydroxyl groups is 4. The van der Waals surface area contributed by atoms with Crippen molar-refractivity contribution in [1.82, 2.24) is 0 Å². The fraction of sp³-hybridized carbons (Fsp3) is 1.00. The molecule has 0 amide bonds. The van der Waals surface area contributed by atoms with Crippen molar-refractivity contribution in [1.29, 1.82) is 0 Å². The van der Waals surface area contributed by atoms with E-state index in [2.05, 4.69) is 15.9 Å². The fourth-order valence-electron chi connectivity index (χ4n) is 1.37. The van der Waals surface area contributed by atoms with Gasteiger partial charge in [0, 0.05) is 5.33 Å². The van der Waals surface area contributed by atoms with Gasteiger partial charge in [0.1, 0.15) is 24.4 Å². The third-order valence-electron chi connectivity index (χ3n) is 2.21. The number of aliphatic hydroxyl groups excluding tert-OH is 4. The van der Waals surface area contributed by atoms with Crippen LogP contribution in [0.1, 0.15) is 0 Å². The Hall–Kier alpha value is 0.720. The van der Waals surface area contributed by atoms with Crippen LogP contribution in [0.4, 0.5) is 0 Å². The molecule has 16 heavy (non-hydrogen) atoms. The lowest BCUT2D eigenvalue weighted by molar-refractivity contribution is -0.299. The monoisotopic (exact) mass is 365 g/mol. The van der Waals surface area contributed by atoms with Crippen molar-refractivity contribution >= 4 is 15.9 Å². The lowest BCUT2D eigenvalue weighted by Gasteiger charge is -2.39. The van der Waals surface area contributed by atoms with Crippen LogP contribution in [0.2, 0.25) is 0 Å². The van der Waals surface area contributed by atoms with E-state index in [1.165, 1.54) is 0 Å². The summed E-state index contributed by atoms with van der Waals surface area (Å²) in [5.74, 6) is 0. The second-order valence-corrected chi connectivity index (χ2v) is 4.05. The molecule has 1 aliphatic heterocycles. The van der Waals surface area contributed by atoms with E-state index >= 15 is 0 Å². The van der Waals surface area contributed by atoms with Crippen molar-refractivity contribution in [3.63, 3.8) is 0 Å². The molecule has 0 aromatic rings. The van der Waals surface area contributed by atoms with E-state index in [1.54, 1.807) is 0 Å². The first-order chi connectivity index (χ1) is 7.11. The Morgan fingerprint density at radius 3 is 2.25 bits per heavy atom. The quantitative estimate of drug-likeness (QED) is 0.373. The second kappa shape index (κ2) is 7.93. The maximum Gasteiger partial charge on any atom is 0.186 e. The van der Waals surface area contributed by atoms with Crippen LogP contribution in [-0.4, -0.2) is 69.7 Å². The lowest BCUT2D eigenvalue weighted by atomic mass is 9.99. The first-order valence-electron chi connectivity index (χ1n) is 4.60. The van der Waals surface area contributed by atoms with Crippen molar-refractivity contribution in [3.05, 3.63) is 0 Å². The van der Waals surface area contributed by atoms with E-state index in [1.807, 2.05) is 0 Å². The Morgan fingerprint density at radius 1 is 1.12 bits per heavy atom. The number of rotatable bonds is 4. The number of halogens is 2. The fourth-order valence-corrected chi connectivity index (χ4v) is 1.55. The van der Waals surface area contributed by atoms with Crippen molar-refractivity contribution in [3.8, 4) is 0 Å². The van der Waals surface area contributed by atoms with E-state index in [9.17, 15) is 15.3 Å². The molecule has 0 unspecified atom stereocenters. The van der Waals surface area contributed by atoms with Crippen LogP contribution >= 0.6 is 15.9 Å². The average Bonchev–Trinajstić information content (AvgIpc) is 2.25. The van der Waals surface area contributed by atoms with E-state index in [-0.39, 0.29) is 17.0 Å². The van der Waals surface area contributed by atoms with Crippen LogP contribution in [-0.2, 0) is 9.47 Å². The van der Waals surface area contributed by atoms with Crippen LogP contribution in [0.3, 0.4) is 0 Å². The maximum atomic E-state index is 9.49. The normalized spacial score (nSPS) is 39.2. The highest BCUT2D eigenvalue weighted by atomic mass is 79.9. The highest BCUT2D eigenvalue weighted by molar-refractivity contribution is 9.09. The van der Waals surface area contributed by atoms with E-state index in [4.69, 9.17) is 14.6 Å². The Bertz CT molecular complexity index is 193. The van der Waals surface area contributed by atoms with Gasteiger partial charge in [-0.25, -0.2) is 0 Å². The first kappa shape index (κ1) is 16.7. The highest BCUT2D eigenvalue weighted by Crippen LogP contribution is 2.21. The number of hydrogen-bond donors (Lipinski definition) is 4.